The van der Waals surface area contributed by atoms with Gasteiger partial charge >= 0.3 is 0 Å². The smallest absolute Gasteiger partial charge is 0.0391 e. The van der Waals surface area contributed by atoms with Gasteiger partial charge in [0.25, 0.3) is 0 Å². The van der Waals surface area contributed by atoms with Crippen LogP contribution in [-0.4, -0.2) is 29.6 Å². The third-order valence-electron chi connectivity index (χ3n) is 6.60. The van der Waals surface area contributed by atoms with Crippen LogP contribution < -0.4 is 5.73 Å². The molecular weight excluding hydrogens is 244 g/mol. The van der Waals surface area contributed by atoms with Gasteiger partial charge in [-0.15, -0.1) is 0 Å². The molecule has 0 heterocycles. The lowest BCUT2D eigenvalue weighted by molar-refractivity contribution is -0.143. The highest BCUT2D eigenvalue weighted by atomic mass is 15.2. The van der Waals surface area contributed by atoms with Gasteiger partial charge in [0.1, 0.15) is 0 Å². The van der Waals surface area contributed by atoms with Crippen molar-refractivity contribution in [3.8, 4) is 0 Å². The monoisotopic (exact) mass is 278 g/mol. The molecule has 0 aromatic heterocycles. The second-order valence-corrected chi connectivity index (χ2v) is 8.64. The van der Waals surface area contributed by atoms with E-state index in [1.165, 1.54) is 38.6 Å². The maximum Gasteiger partial charge on any atom is 0.0391 e. The second-order valence-electron chi connectivity index (χ2n) is 8.64. The largest absolute Gasteiger partial charge is 0.329 e. The molecule has 4 saturated carbocycles. The number of nitrogens with two attached hydrogens (primary N) is 1. The van der Waals surface area contributed by atoms with E-state index in [2.05, 4.69) is 32.6 Å². The van der Waals surface area contributed by atoms with Crippen LogP contribution in [-0.2, 0) is 0 Å². The van der Waals surface area contributed by atoms with Crippen LogP contribution in [0.5, 0.6) is 0 Å². The molecule has 2 N–H and O–H groups in total. The lowest BCUT2D eigenvalue weighted by atomic mass is 9.48. The van der Waals surface area contributed by atoms with E-state index in [0.717, 1.165) is 36.1 Å². The Morgan fingerprint density at radius 1 is 0.950 bits per heavy atom. The minimum absolute atomic E-state index is 0.325. The Bertz CT molecular complexity index is 319. The first-order valence-electron chi connectivity index (χ1n) is 8.94. The summed E-state index contributed by atoms with van der Waals surface area (Å²) in [5, 5.41) is 0. The summed E-state index contributed by atoms with van der Waals surface area (Å²) in [4.78, 5) is 2.82. The van der Waals surface area contributed by atoms with Crippen LogP contribution in [0.2, 0.25) is 0 Å². The summed E-state index contributed by atoms with van der Waals surface area (Å²) >= 11 is 0. The molecule has 0 atom stereocenters. The molecular formula is C18H34N2. The van der Waals surface area contributed by atoms with Gasteiger partial charge in [0.05, 0.1) is 0 Å². The van der Waals surface area contributed by atoms with Gasteiger partial charge in [0.15, 0.2) is 0 Å². The summed E-state index contributed by atoms with van der Waals surface area (Å²) in [6, 6.07) is 0.624. The molecule has 0 saturated heterocycles. The van der Waals surface area contributed by atoms with E-state index in [9.17, 15) is 0 Å². The van der Waals surface area contributed by atoms with Crippen LogP contribution in [0.25, 0.3) is 0 Å². The maximum absolute atomic E-state index is 6.46. The molecule has 0 aromatic carbocycles. The number of nitrogens with zero attached hydrogens (tertiary/aromatic N) is 1. The quantitative estimate of drug-likeness (QED) is 0.834. The fourth-order valence-corrected chi connectivity index (χ4v) is 6.17. The minimum Gasteiger partial charge on any atom is -0.329 e. The average molecular weight is 278 g/mol. The molecule has 2 nitrogen and oxygen atoms in total. The lowest BCUT2D eigenvalue weighted by Gasteiger charge is -2.65. The highest BCUT2D eigenvalue weighted by molar-refractivity contribution is 5.13. The normalized spacial score (nSPS) is 43.2. The summed E-state index contributed by atoms with van der Waals surface area (Å²) in [5.74, 6) is 4.56. The minimum atomic E-state index is 0.325. The molecule has 4 fully saturated rings. The zero-order chi connectivity index (χ0) is 14.5. The zero-order valence-electron chi connectivity index (χ0n) is 13.9. The predicted molar refractivity (Wildman–Crippen MR) is 85.5 cm³/mol. The van der Waals surface area contributed by atoms with Crippen molar-refractivity contribution >= 4 is 0 Å². The molecule has 20 heavy (non-hydrogen) atoms. The van der Waals surface area contributed by atoms with E-state index >= 15 is 0 Å². The van der Waals surface area contributed by atoms with E-state index in [1.54, 1.807) is 0 Å². The first-order valence-corrected chi connectivity index (χ1v) is 8.94. The van der Waals surface area contributed by atoms with E-state index in [-0.39, 0.29) is 0 Å². The summed E-state index contributed by atoms with van der Waals surface area (Å²) in [5.41, 5.74) is 6.79. The van der Waals surface area contributed by atoms with Crippen LogP contribution in [0.1, 0.15) is 59.8 Å². The molecule has 4 rings (SSSR count). The van der Waals surface area contributed by atoms with E-state index in [4.69, 9.17) is 5.73 Å². The summed E-state index contributed by atoms with van der Waals surface area (Å²) in [7, 11) is 0. The van der Waals surface area contributed by atoms with Crippen molar-refractivity contribution in [2.45, 2.75) is 71.4 Å². The van der Waals surface area contributed by atoms with Gasteiger partial charge in [-0.05, 0) is 75.5 Å². The topological polar surface area (TPSA) is 29.3 Å². The maximum atomic E-state index is 6.46. The second kappa shape index (κ2) is 5.28. The highest BCUT2D eigenvalue weighted by Gasteiger charge is 2.59. The van der Waals surface area contributed by atoms with Crippen molar-refractivity contribution in [1.82, 2.24) is 4.90 Å². The summed E-state index contributed by atoms with van der Waals surface area (Å²) in [6.07, 6.45) is 7.38. The van der Waals surface area contributed by atoms with Crippen LogP contribution in [0.15, 0.2) is 0 Å². The van der Waals surface area contributed by atoms with Gasteiger partial charge in [-0.1, -0.05) is 13.8 Å². The molecule has 0 aromatic rings. The Kier molecular flexibility index (Phi) is 3.92. The van der Waals surface area contributed by atoms with Crippen LogP contribution in [0.4, 0.5) is 0 Å². The summed E-state index contributed by atoms with van der Waals surface area (Å²) < 4.78 is 0. The SMILES string of the molecule is CC(C)CN(C(C)C)C1(CN)C2CC3CC(C2)CC1C3. The molecule has 4 aliphatic rings. The van der Waals surface area contributed by atoms with Crippen molar-refractivity contribution in [3.63, 3.8) is 0 Å². The third kappa shape index (κ3) is 2.14. The first-order chi connectivity index (χ1) is 9.47. The summed E-state index contributed by atoms with van der Waals surface area (Å²) in [6.45, 7) is 11.6. The average Bonchev–Trinajstić information content (AvgIpc) is 2.36. The van der Waals surface area contributed by atoms with Gasteiger partial charge in [0, 0.05) is 24.7 Å². The Balaban J connectivity index is 1.93. The van der Waals surface area contributed by atoms with Crippen molar-refractivity contribution in [1.29, 1.82) is 0 Å². The van der Waals surface area contributed by atoms with E-state index in [0.29, 0.717) is 11.6 Å². The number of hydrogen-bond acceptors (Lipinski definition) is 2. The standard InChI is InChI=1S/C18H34N2/c1-12(2)10-20(13(3)4)18(11-19)16-6-14-5-15(8-16)9-17(18)7-14/h12-17H,5-11,19H2,1-4H3. The number of rotatable bonds is 5. The van der Waals surface area contributed by atoms with Gasteiger partial charge < -0.3 is 5.73 Å². The van der Waals surface area contributed by atoms with Crippen molar-refractivity contribution in [2.75, 3.05) is 13.1 Å². The molecule has 0 aliphatic heterocycles. The van der Waals surface area contributed by atoms with Crippen molar-refractivity contribution in [3.05, 3.63) is 0 Å². The van der Waals surface area contributed by atoms with E-state index in [1.807, 2.05) is 0 Å². The molecule has 0 spiro atoms. The Labute approximate surface area is 125 Å². The molecule has 0 amide bonds. The zero-order valence-corrected chi connectivity index (χ0v) is 13.9. The van der Waals surface area contributed by atoms with Gasteiger partial charge in [-0.25, -0.2) is 0 Å². The number of hydrogen-bond donors (Lipinski definition) is 1. The van der Waals surface area contributed by atoms with Crippen LogP contribution >= 0.6 is 0 Å². The lowest BCUT2D eigenvalue weighted by Crippen LogP contribution is -2.71. The Morgan fingerprint density at radius 3 is 1.80 bits per heavy atom. The van der Waals surface area contributed by atoms with Crippen molar-refractivity contribution < 1.29 is 0 Å². The van der Waals surface area contributed by atoms with Crippen molar-refractivity contribution in [2.24, 2.45) is 35.3 Å². The molecule has 4 aliphatic carbocycles. The van der Waals surface area contributed by atoms with Crippen LogP contribution in [0.3, 0.4) is 0 Å². The van der Waals surface area contributed by atoms with Gasteiger partial charge in [-0.3, -0.25) is 4.90 Å². The Morgan fingerprint density at radius 2 is 1.45 bits per heavy atom. The predicted octanol–water partition coefficient (Wildman–Crippen LogP) is 3.51. The molecule has 0 radical (unpaired) electrons. The fourth-order valence-electron chi connectivity index (χ4n) is 6.17. The van der Waals surface area contributed by atoms with Crippen LogP contribution in [0, 0.1) is 29.6 Å². The van der Waals surface area contributed by atoms with E-state index < -0.39 is 0 Å². The highest BCUT2D eigenvalue weighted by Crippen LogP contribution is 2.60. The fraction of sp³-hybridized carbons (Fsp3) is 1.00. The third-order valence-corrected chi connectivity index (χ3v) is 6.60. The van der Waals surface area contributed by atoms with Gasteiger partial charge in [-0.2, -0.15) is 0 Å². The molecule has 4 bridgehead atoms. The Hall–Kier alpha value is -0.0800. The molecule has 2 heteroatoms. The molecule has 116 valence electrons. The first kappa shape index (κ1) is 14.8. The van der Waals surface area contributed by atoms with Gasteiger partial charge in [0.2, 0.25) is 0 Å². The molecule has 0 unspecified atom stereocenters.